The number of nitrogens with one attached hydrogen (secondary N) is 1. The summed E-state index contributed by atoms with van der Waals surface area (Å²) in [5.41, 5.74) is 8.95. The fourth-order valence-corrected chi connectivity index (χ4v) is 2.91. The fourth-order valence-electron chi connectivity index (χ4n) is 2.91. The molecule has 0 fully saturated rings. The van der Waals surface area contributed by atoms with Crippen molar-refractivity contribution in [2.75, 3.05) is 6.54 Å². The maximum absolute atomic E-state index is 12.7. The van der Waals surface area contributed by atoms with Crippen LogP contribution in [0, 0.1) is 0 Å². The first-order chi connectivity index (χ1) is 13.2. The zero-order valence-corrected chi connectivity index (χ0v) is 14.3. The van der Waals surface area contributed by atoms with Gasteiger partial charge in [-0.25, -0.2) is 18.4 Å². The van der Waals surface area contributed by atoms with E-state index < -0.39 is 0 Å². The van der Waals surface area contributed by atoms with Gasteiger partial charge in [-0.15, -0.1) is 0 Å². The van der Waals surface area contributed by atoms with Crippen LogP contribution in [0.2, 0.25) is 0 Å². The second-order valence-corrected chi connectivity index (χ2v) is 6.14. The Hall–Kier alpha value is -3.52. The molecule has 27 heavy (non-hydrogen) atoms. The van der Waals surface area contributed by atoms with Crippen LogP contribution in [0.25, 0.3) is 27.7 Å². The van der Waals surface area contributed by atoms with Gasteiger partial charge in [0.1, 0.15) is 6.33 Å². The average Bonchev–Trinajstić information content (AvgIpc) is 3.32. The van der Waals surface area contributed by atoms with Crippen LogP contribution in [0.1, 0.15) is 0 Å². The van der Waals surface area contributed by atoms with Gasteiger partial charge in [-0.1, -0.05) is 24.3 Å². The van der Waals surface area contributed by atoms with Gasteiger partial charge < -0.3 is 5.73 Å². The Labute approximate surface area is 153 Å². The van der Waals surface area contributed by atoms with E-state index in [0.717, 1.165) is 22.0 Å². The third kappa shape index (κ3) is 3.18. The van der Waals surface area contributed by atoms with Crippen molar-refractivity contribution < 1.29 is 4.39 Å². The molecule has 0 saturated carbocycles. The van der Waals surface area contributed by atoms with Gasteiger partial charge >= 0.3 is 5.69 Å². The number of rotatable bonds is 5. The summed E-state index contributed by atoms with van der Waals surface area (Å²) < 4.78 is 15.3. The largest absolute Gasteiger partial charge is 0.350 e. The van der Waals surface area contributed by atoms with Crippen LogP contribution in [0.3, 0.4) is 0 Å². The van der Waals surface area contributed by atoms with Gasteiger partial charge in [0.05, 0.1) is 30.3 Å². The van der Waals surface area contributed by atoms with Crippen molar-refractivity contribution >= 4 is 10.9 Å². The molecule has 0 bridgehead atoms. The van der Waals surface area contributed by atoms with E-state index >= 15 is 0 Å². The summed E-state index contributed by atoms with van der Waals surface area (Å²) in [6, 6.07) is 13.6. The van der Waals surface area contributed by atoms with E-state index in [-0.39, 0.29) is 18.8 Å². The van der Waals surface area contributed by atoms with E-state index in [1.54, 1.807) is 6.20 Å². The molecule has 7 nitrogen and oxygen atoms in total. The lowest BCUT2D eigenvalue weighted by Crippen LogP contribution is -2.25. The summed E-state index contributed by atoms with van der Waals surface area (Å²) in [6.45, 7) is 0.0520. The van der Waals surface area contributed by atoms with Gasteiger partial charge in [-0.05, 0) is 34.9 Å². The Morgan fingerprint density at radius 3 is 2.89 bits per heavy atom. The summed E-state index contributed by atoms with van der Waals surface area (Å²) in [4.78, 5) is 12.6. The molecule has 0 aliphatic carbocycles. The van der Waals surface area contributed by atoms with Crippen molar-refractivity contribution in [3.63, 3.8) is 0 Å². The lowest BCUT2D eigenvalue weighted by Gasteiger charge is -2.06. The van der Waals surface area contributed by atoms with Crippen LogP contribution >= 0.6 is 0 Å². The number of aromatic amines is 1. The molecule has 0 amide bonds. The van der Waals surface area contributed by atoms with Crippen molar-refractivity contribution in [3.8, 4) is 16.8 Å². The highest BCUT2D eigenvalue weighted by molar-refractivity contribution is 5.84. The summed E-state index contributed by atoms with van der Waals surface area (Å²) in [5.74, 6) is 0. The third-order valence-corrected chi connectivity index (χ3v) is 4.40. The molecule has 0 unspecified atom stereocenters. The number of benzene rings is 2. The summed E-state index contributed by atoms with van der Waals surface area (Å²) in [5, 5.41) is 12.1. The highest BCUT2D eigenvalue weighted by atomic mass is 19.1. The predicted octanol–water partition coefficient (Wildman–Crippen LogP) is 2.39. The van der Waals surface area contributed by atoms with Gasteiger partial charge in [0.25, 0.3) is 0 Å². The van der Waals surface area contributed by atoms with Gasteiger partial charge in [0.2, 0.25) is 0 Å². The summed E-state index contributed by atoms with van der Waals surface area (Å²) in [7, 11) is 0. The minimum Gasteiger partial charge on any atom is -0.327 e. The molecule has 0 radical (unpaired) electrons. The summed E-state index contributed by atoms with van der Waals surface area (Å²) >= 11 is 0. The molecule has 0 aliphatic heterocycles. The van der Waals surface area contributed by atoms with Crippen LogP contribution < -0.4 is 11.4 Å². The van der Waals surface area contributed by atoms with Crippen molar-refractivity contribution in [2.45, 2.75) is 6.54 Å². The van der Waals surface area contributed by atoms with Gasteiger partial charge in [-0.2, -0.15) is 10.2 Å². The van der Waals surface area contributed by atoms with Crippen LogP contribution in [-0.2, 0) is 6.54 Å². The van der Waals surface area contributed by atoms with E-state index in [1.165, 1.54) is 15.6 Å². The molecular formula is C19H17FN6O. The first-order valence-electron chi connectivity index (χ1n) is 8.36. The standard InChI is InChI=1S/C19H17FN6O/c20-8-13(9-21)11-26-19(27)25(12-23-26)17-3-1-2-14(6-17)15-4-5-16-10-22-24-18(16)7-15/h1-8,10,12H,9,11,21H2,(H,22,24)/b13-8+. The van der Waals surface area contributed by atoms with Crippen molar-refractivity contribution in [1.82, 2.24) is 24.5 Å². The maximum atomic E-state index is 12.7. The Morgan fingerprint density at radius 2 is 2.07 bits per heavy atom. The number of H-pyrrole nitrogens is 1. The van der Waals surface area contributed by atoms with Crippen molar-refractivity contribution in [2.24, 2.45) is 5.73 Å². The number of hydrogen-bond donors (Lipinski definition) is 2. The van der Waals surface area contributed by atoms with E-state index in [2.05, 4.69) is 15.3 Å². The zero-order valence-electron chi connectivity index (χ0n) is 14.3. The van der Waals surface area contributed by atoms with Crippen molar-refractivity contribution in [1.29, 1.82) is 0 Å². The first-order valence-corrected chi connectivity index (χ1v) is 8.36. The van der Waals surface area contributed by atoms with Crippen LogP contribution in [0.5, 0.6) is 0 Å². The molecular weight excluding hydrogens is 347 g/mol. The molecule has 0 spiro atoms. The lowest BCUT2D eigenvalue weighted by atomic mass is 10.0. The number of halogens is 1. The highest BCUT2D eigenvalue weighted by Gasteiger charge is 2.10. The number of nitrogens with zero attached hydrogens (tertiary/aromatic N) is 4. The van der Waals surface area contributed by atoms with Crippen LogP contribution in [-0.4, -0.2) is 31.1 Å². The molecule has 2 aromatic carbocycles. The fraction of sp³-hybridized carbons (Fsp3) is 0.105. The highest BCUT2D eigenvalue weighted by Crippen LogP contribution is 2.24. The third-order valence-electron chi connectivity index (χ3n) is 4.40. The molecule has 0 atom stereocenters. The maximum Gasteiger partial charge on any atom is 0.350 e. The molecule has 136 valence electrons. The Kier molecular flexibility index (Phi) is 4.39. The molecule has 8 heteroatoms. The number of nitrogens with two attached hydrogens (primary N) is 1. The second-order valence-electron chi connectivity index (χ2n) is 6.14. The molecule has 3 N–H and O–H groups in total. The second kappa shape index (κ2) is 7.00. The first kappa shape index (κ1) is 16.9. The number of hydrogen-bond acceptors (Lipinski definition) is 4. The molecule has 4 rings (SSSR count). The normalized spacial score (nSPS) is 12.0. The van der Waals surface area contributed by atoms with Gasteiger partial charge in [0.15, 0.2) is 0 Å². The van der Waals surface area contributed by atoms with E-state index in [9.17, 15) is 9.18 Å². The molecule has 0 saturated heterocycles. The average molecular weight is 364 g/mol. The van der Waals surface area contributed by atoms with Crippen LogP contribution in [0.4, 0.5) is 4.39 Å². The summed E-state index contributed by atoms with van der Waals surface area (Å²) in [6.07, 6.45) is 3.61. The van der Waals surface area contributed by atoms with E-state index in [4.69, 9.17) is 5.73 Å². The Bertz CT molecular complexity index is 1190. The monoisotopic (exact) mass is 364 g/mol. The van der Waals surface area contributed by atoms with Crippen LogP contribution in [0.15, 0.2) is 71.7 Å². The molecule has 4 aromatic rings. The minimum atomic E-state index is -0.357. The Balaban J connectivity index is 1.70. The minimum absolute atomic E-state index is 0.0228. The molecule has 0 aliphatic rings. The lowest BCUT2D eigenvalue weighted by molar-refractivity contribution is 0.612. The topological polar surface area (TPSA) is 94.5 Å². The van der Waals surface area contributed by atoms with E-state index in [1.807, 2.05) is 42.5 Å². The van der Waals surface area contributed by atoms with Gasteiger partial charge in [-0.3, -0.25) is 5.10 Å². The smallest absolute Gasteiger partial charge is 0.327 e. The quantitative estimate of drug-likeness (QED) is 0.568. The van der Waals surface area contributed by atoms with Crippen molar-refractivity contribution in [3.05, 3.63) is 77.4 Å². The van der Waals surface area contributed by atoms with Gasteiger partial charge in [0, 0.05) is 11.9 Å². The number of aromatic nitrogens is 5. The number of fused-ring (bicyclic) bond motifs is 1. The Morgan fingerprint density at radius 1 is 1.22 bits per heavy atom. The molecule has 2 aromatic heterocycles. The SMILES string of the molecule is NC/C(=C\F)Cn1ncn(-c2cccc(-c3ccc4cn[nH]c4c3)c2)c1=O. The predicted molar refractivity (Wildman–Crippen MR) is 101 cm³/mol. The van der Waals surface area contributed by atoms with E-state index in [0.29, 0.717) is 17.6 Å². The molecule has 2 heterocycles. The zero-order chi connectivity index (χ0) is 18.8.